The molecule has 5 heteroatoms. The number of hydrogen-bond acceptors (Lipinski definition) is 4. The molecule has 1 saturated heterocycles. The Morgan fingerprint density at radius 2 is 2.06 bits per heavy atom. The Morgan fingerprint density at radius 1 is 1.29 bits per heavy atom. The molecule has 3 aliphatic rings. The van der Waals surface area contributed by atoms with Gasteiger partial charge in [0.2, 0.25) is 0 Å². The minimum Gasteiger partial charge on any atom is -0.375 e. The summed E-state index contributed by atoms with van der Waals surface area (Å²) in [5, 5.41) is 0.759. The molecule has 1 unspecified atom stereocenters. The van der Waals surface area contributed by atoms with Crippen molar-refractivity contribution in [3.05, 3.63) is 45.7 Å². The number of nitrogens with zero attached hydrogens (tertiary/aromatic N) is 2. The van der Waals surface area contributed by atoms with Crippen molar-refractivity contribution in [3.8, 4) is 23.6 Å². The van der Waals surface area contributed by atoms with Gasteiger partial charge in [-0.05, 0) is 51.5 Å². The van der Waals surface area contributed by atoms with Gasteiger partial charge in [-0.2, -0.15) is 4.98 Å². The minimum atomic E-state index is -0.202. The fourth-order valence-corrected chi connectivity index (χ4v) is 6.80. The first-order valence-corrected chi connectivity index (χ1v) is 12.4. The Balaban J connectivity index is 1.81. The van der Waals surface area contributed by atoms with E-state index in [0.717, 1.165) is 48.5 Å². The van der Waals surface area contributed by atoms with Crippen LogP contribution in [0.15, 0.2) is 34.2 Å². The first-order valence-electron chi connectivity index (χ1n) is 11.4. The van der Waals surface area contributed by atoms with Crippen molar-refractivity contribution in [2.75, 3.05) is 12.4 Å². The van der Waals surface area contributed by atoms with Gasteiger partial charge in [-0.25, -0.2) is 0 Å². The molecule has 5 rings (SSSR count). The monoisotopic (exact) mass is 434 g/mol. The van der Waals surface area contributed by atoms with E-state index in [1.54, 1.807) is 0 Å². The molecule has 2 aromatic rings. The third kappa shape index (κ3) is 3.54. The molecule has 0 amide bonds. The van der Waals surface area contributed by atoms with Gasteiger partial charge in [-0.3, -0.25) is 4.79 Å². The van der Waals surface area contributed by atoms with Gasteiger partial charge in [0.1, 0.15) is 0 Å². The second kappa shape index (κ2) is 7.83. The SMILES string of the molecule is C#CCSc1nc(=O)c2c(n1C1CCOC(C)(C)C1)-c1ccccc1CC21CCCC1. The van der Waals surface area contributed by atoms with Gasteiger partial charge in [0.15, 0.2) is 5.16 Å². The Labute approximate surface area is 188 Å². The second-order valence-corrected chi connectivity index (χ2v) is 10.8. The fraction of sp³-hybridized carbons (Fsp3) is 0.538. The van der Waals surface area contributed by atoms with E-state index in [0.29, 0.717) is 12.4 Å². The van der Waals surface area contributed by atoms with Crippen molar-refractivity contribution in [1.29, 1.82) is 0 Å². The van der Waals surface area contributed by atoms with Crippen LogP contribution in [-0.4, -0.2) is 27.5 Å². The molecule has 0 radical (unpaired) electrons. The maximum atomic E-state index is 13.6. The molecule has 1 saturated carbocycles. The van der Waals surface area contributed by atoms with Crippen molar-refractivity contribution in [2.24, 2.45) is 0 Å². The zero-order valence-electron chi connectivity index (χ0n) is 18.4. The molecule has 1 spiro atoms. The smallest absolute Gasteiger partial charge is 0.278 e. The Bertz CT molecular complexity index is 1110. The number of terminal acetylenes is 1. The third-order valence-electron chi connectivity index (χ3n) is 7.31. The summed E-state index contributed by atoms with van der Waals surface area (Å²) in [5.74, 6) is 3.22. The highest BCUT2D eigenvalue weighted by molar-refractivity contribution is 7.99. The Hall–Kier alpha value is -2.03. The molecule has 1 atom stereocenters. The third-order valence-corrected chi connectivity index (χ3v) is 8.17. The lowest BCUT2D eigenvalue weighted by Crippen LogP contribution is -2.41. The van der Waals surface area contributed by atoms with Crippen LogP contribution in [0.1, 0.15) is 69.5 Å². The number of hydrogen-bond donors (Lipinski definition) is 0. The number of rotatable bonds is 3. The first-order chi connectivity index (χ1) is 14.9. The van der Waals surface area contributed by atoms with E-state index in [9.17, 15) is 4.79 Å². The molecule has 4 nitrogen and oxygen atoms in total. The van der Waals surface area contributed by atoms with Crippen molar-refractivity contribution in [1.82, 2.24) is 9.55 Å². The van der Waals surface area contributed by atoms with Crippen molar-refractivity contribution < 1.29 is 4.74 Å². The average Bonchev–Trinajstić information content (AvgIpc) is 3.19. The van der Waals surface area contributed by atoms with Crippen LogP contribution in [0.25, 0.3) is 11.3 Å². The molecule has 162 valence electrons. The molecule has 0 N–H and O–H groups in total. The predicted octanol–water partition coefficient (Wildman–Crippen LogP) is 5.13. The van der Waals surface area contributed by atoms with Crippen molar-refractivity contribution in [2.45, 2.75) is 81.0 Å². The molecular formula is C26H30N2O2S. The largest absolute Gasteiger partial charge is 0.375 e. The van der Waals surface area contributed by atoms with Gasteiger partial charge in [0.25, 0.3) is 5.56 Å². The molecule has 1 aromatic heterocycles. The van der Waals surface area contributed by atoms with Crippen LogP contribution in [0.5, 0.6) is 0 Å². The molecule has 1 aliphatic heterocycles. The molecule has 31 heavy (non-hydrogen) atoms. The van der Waals surface area contributed by atoms with E-state index in [1.807, 2.05) is 0 Å². The van der Waals surface area contributed by atoms with Crippen LogP contribution >= 0.6 is 11.8 Å². The van der Waals surface area contributed by atoms with Crippen molar-refractivity contribution >= 4 is 11.8 Å². The number of benzene rings is 1. The maximum Gasteiger partial charge on any atom is 0.278 e. The molecule has 2 fully saturated rings. The normalized spacial score (nSPS) is 23.2. The van der Waals surface area contributed by atoms with Crippen LogP contribution in [-0.2, 0) is 16.6 Å². The Morgan fingerprint density at radius 3 is 2.81 bits per heavy atom. The topological polar surface area (TPSA) is 44.1 Å². The van der Waals surface area contributed by atoms with Gasteiger partial charge in [0.05, 0.1) is 22.6 Å². The van der Waals surface area contributed by atoms with Crippen LogP contribution < -0.4 is 5.56 Å². The first kappa shape index (κ1) is 20.8. The van der Waals surface area contributed by atoms with Crippen LogP contribution in [0, 0.1) is 12.3 Å². The summed E-state index contributed by atoms with van der Waals surface area (Å²) in [7, 11) is 0. The summed E-state index contributed by atoms with van der Waals surface area (Å²) < 4.78 is 8.41. The summed E-state index contributed by atoms with van der Waals surface area (Å²) in [5.41, 5.74) is 4.28. The summed E-state index contributed by atoms with van der Waals surface area (Å²) in [6.45, 7) is 5.02. The van der Waals surface area contributed by atoms with E-state index in [1.165, 1.54) is 35.7 Å². The quantitative estimate of drug-likeness (QED) is 0.381. The molecular weight excluding hydrogens is 404 g/mol. The standard InChI is InChI=1S/C26H30N2O2S/c1-4-15-31-24-27-23(29)21-22(28(24)19-11-14-30-25(2,3)17-19)20-10-6-5-9-18(20)16-26(21)12-7-8-13-26/h1,5-6,9-10,19H,7-8,11-17H2,2-3H3. The van der Waals surface area contributed by atoms with E-state index in [4.69, 9.17) is 11.2 Å². The lowest BCUT2D eigenvalue weighted by atomic mass is 9.68. The highest BCUT2D eigenvalue weighted by Crippen LogP contribution is 2.51. The molecule has 2 aliphatic carbocycles. The maximum absolute atomic E-state index is 13.6. The van der Waals surface area contributed by atoms with Crippen LogP contribution in [0.3, 0.4) is 0 Å². The average molecular weight is 435 g/mol. The number of aromatic nitrogens is 2. The highest BCUT2D eigenvalue weighted by Gasteiger charge is 2.45. The second-order valence-electron chi connectivity index (χ2n) is 9.86. The van der Waals surface area contributed by atoms with Gasteiger partial charge >= 0.3 is 0 Å². The van der Waals surface area contributed by atoms with Crippen LogP contribution in [0.2, 0.25) is 0 Å². The van der Waals surface area contributed by atoms with Gasteiger partial charge in [0, 0.05) is 23.6 Å². The predicted molar refractivity (Wildman–Crippen MR) is 126 cm³/mol. The number of fused-ring (bicyclic) bond motifs is 4. The van der Waals surface area contributed by atoms with E-state index in [2.05, 4.69) is 53.6 Å². The van der Waals surface area contributed by atoms with Gasteiger partial charge < -0.3 is 9.30 Å². The number of thioether (sulfide) groups is 1. The molecule has 1 aromatic carbocycles. The number of ether oxygens (including phenoxy) is 1. The van der Waals surface area contributed by atoms with E-state index < -0.39 is 0 Å². The van der Waals surface area contributed by atoms with Gasteiger partial charge in [-0.15, -0.1) is 6.42 Å². The van der Waals surface area contributed by atoms with Gasteiger partial charge in [-0.1, -0.05) is 54.8 Å². The zero-order chi connectivity index (χ0) is 21.6. The van der Waals surface area contributed by atoms with Crippen molar-refractivity contribution in [3.63, 3.8) is 0 Å². The summed E-state index contributed by atoms with van der Waals surface area (Å²) >= 11 is 1.51. The highest BCUT2D eigenvalue weighted by atomic mass is 32.2. The van der Waals surface area contributed by atoms with E-state index >= 15 is 0 Å². The minimum absolute atomic E-state index is 0.0477. The van der Waals surface area contributed by atoms with Crippen LogP contribution in [0.4, 0.5) is 0 Å². The molecule has 0 bridgehead atoms. The lowest BCUT2D eigenvalue weighted by molar-refractivity contribution is -0.0703. The zero-order valence-corrected chi connectivity index (χ0v) is 19.3. The summed E-state index contributed by atoms with van der Waals surface area (Å²) in [6, 6.07) is 8.88. The summed E-state index contributed by atoms with van der Waals surface area (Å²) in [4.78, 5) is 18.2. The Kier molecular flexibility index (Phi) is 5.27. The van der Waals surface area contributed by atoms with E-state index in [-0.39, 0.29) is 22.6 Å². The lowest BCUT2D eigenvalue weighted by Gasteiger charge is -2.42. The summed E-state index contributed by atoms with van der Waals surface area (Å²) in [6.07, 6.45) is 12.8. The molecule has 2 heterocycles. The fourth-order valence-electron chi connectivity index (χ4n) is 6.06.